The maximum Gasteiger partial charge on any atom is 0.240 e. The molecule has 1 heterocycles. The summed E-state index contributed by atoms with van der Waals surface area (Å²) >= 11 is 5.71. The molecule has 0 aliphatic heterocycles. The maximum absolute atomic E-state index is 11.5. The number of alkyl halides is 1. The van der Waals surface area contributed by atoms with Gasteiger partial charge in [-0.3, -0.25) is 4.79 Å². The Morgan fingerprint density at radius 3 is 2.60 bits per heavy atom. The van der Waals surface area contributed by atoms with Gasteiger partial charge < -0.3 is 9.42 Å². The van der Waals surface area contributed by atoms with Crippen LogP contribution in [0.4, 0.5) is 0 Å². The molecular formula is C10H15ClN2O2. The summed E-state index contributed by atoms with van der Waals surface area (Å²) in [4.78, 5) is 13.1. The highest BCUT2D eigenvalue weighted by molar-refractivity contribution is 6.30. The van der Waals surface area contributed by atoms with E-state index >= 15 is 0 Å². The van der Waals surface area contributed by atoms with E-state index < -0.39 is 5.38 Å². The monoisotopic (exact) mass is 230 g/mol. The minimum atomic E-state index is -0.504. The van der Waals surface area contributed by atoms with Crippen molar-refractivity contribution in [2.24, 2.45) is 0 Å². The van der Waals surface area contributed by atoms with Crippen molar-refractivity contribution in [1.82, 2.24) is 10.1 Å². The minimum Gasteiger partial charge on any atom is -0.361 e. The third kappa shape index (κ3) is 2.72. The van der Waals surface area contributed by atoms with Gasteiger partial charge in [0, 0.05) is 12.6 Å². The van der Waals surface area contributed by atoms with Crippen LogP contribution in [0.3, 0.4) is 0 Å². The Labute approximate surface area is 94.2 Å². The summed E-state index contributed by atoms with van der Waals surface area (Å²) in [5.41, 5.74) is 1.76. The van der Waals surface area contributed by atoms with Crippen LogP contribution in [0, 0.1) is 13.8 Å². The molecule has 4 nitrogen and oxygen atoms in total. The first kappa shape index (κ1) is 12.0. The SMILES string of the molecule is Cc1noc(C)c1CN(C)C(=O)C(C)Cl. The van der Waals surface area contributed by atoms with Gasteiger partial charge in [0.1, 0.15) is 11.1 Å². The van der Waals surface area contributed by atoms with E-state index in [1.54, 1.807) is 18.9 Å². The van der Waals surface area contributed by atoms with Gasteiger partial charge in [-0.25, -0.2) is 0 Å². The second-order valence-corrected chi connectivity index (χ2v) is 4.27. The van der Waals surface area contributed by atoms with Gasteiger partial charge in [0.05, 0.1) is 12.2 Å². The molecule has 0 saturated heterocycles. The van der Waals surface area contributed by atoms with Crippen LogP contribution in [0.5, 0.6) is 0 Å². The standard InChI is InChI=1S/C10H15ClN2O2/c1-6(11)10(14)13(4)5-9-7(2)12-15-8(9)3/h6H,5H2,1-4H3. The lowest BCUT2D eigenvalue weighted by molar-refractivity contribution is -0.129. The fraction of sp³-hybridized carbons (Fsp3) is 0.600. The summed E-state index contributed by atoms with van der Waals surface area (Å²) in [7, 11) is 1.72. The maximum atomic E-state index is 11.5. The molecule has 84 valence electrons. The Morgan fingerprint density at radius 1 is 1.60 bits per heavy atom. The molecule has 0 spiro atoms. The zero-order valence-corrected chi connectivity index (χ0v) is 10.1. The average molecular weight is 231 g/mol. The number of aryl methyl sites for hydroxylation is 2. The predicted molar refractivity (Wildman–Crippen MR) is 57.8 cm³/mol. The van der Waals surface area contributed by atoms with Crippen molar-refractivity contribution in [2.45, 2.75) is 32.7 Å². The Kier molecular flexibility index (Phi) is 3.74. The normalized spacial score (nSPS) is 12.6. The summed E-state index contributed by atoms with van der Waals surface area (Å²) in [5, 5.41) is 3.32. The Hall–Kier alpha value is -1.03. The molecule has 1 aromatic heterocycles. The van der Waals surface area contributed by atoms with Crippen LogP contribution >= 0.6 is 11.6 Å². The molecule has 0 fully saturated rings. The van der Waals surface area contributed by atoms with Gasteiger partial charge in [0.25, 0.3) is 0 Å². The number of amides is 1. The van der Waals surface area contributed by atoms with E-state index in [1.165, 1.54) is 0 Å². The van der Waals surface area contributed by atoms with Gasteiger partial charge in [0.15, 0.2) is 0 Å². The van der Waals surface area contributed by atoms with E-state index in [0.29, 0.717) is 6.54 Å². The molecule has 1 rings (SSSR count). The van der Waals surface area contributed by atoms with Crippen LogP contribution in [0.15, 0.2) is 4.52 Å². The van der Waals surface area contributed by atoms with Crippen LogP contribution in [-0.2, 0) is 11.3 Å². The quantitative estimate of drug-likeness (QED) is 0.745. The molecule has 15 heavy (non-hydrogen) atoms. The lowest BCUT2D eigenvalue weighted by atomic mass is 10.2. The molecule has 0 aliphatic carbocycles. The number of hydrogen-bond donors (Lipinski definition) is 0. The largest absolute Gasteiger partial charge is 0.361 e. The first-order valence-electron chi connectivity index (χ1n) is 4.74. The highest BCUT2D eigenvalue weighted by atomic mass is 35.5. The summed E-state index contributed by atoms with van der Waals surface area (Å²) in [6.45, 7) is 5.83. The van der Waals surface area contributed by atoms with Crippen molar-refractivity contribution in [3.8, 4) is 0 Å². The Balaban J connectivity index is 2.74. The molecule has 0 N–H and O–H groups in total. The predicted octanol–water partition coefficient (Wildman–Crippen LogP) is 1.88. The first-order valence-corrected chi connectivity index (χ1v) is 5.18. The number of aromatic nitrogens is 1. The van der Waals surface area contributed by atoms with Gasteiger partial charge >= 0.3 is 0 Å². The van der Waals surface area contributed by atoms with Gasteiger partial charge in [-0.05, 0) is 20.8 Å². The zero-order valence-electron chi connectivity index (χ0n) is 9.37. The molecule has 1 atom stereocenters. The fourth-order valence-electron chi connectivity index (χ4n) is 1.35. The van der Waals surface area contributed by atoms with Crippen LogP contribution < -0.4 is 0 Å². The van der Waals surface area contributed by atoms with Crippen molar-refractivity contribution >= 4 is 17.5 Å². The van der Waals surface area contributed by atoms with Crippen LogP contribution in [0.1, 0.15) is 23.9 Å². The molecule has 1 unspecified atom stereocenters. The molecule has 5 heteroatoms. The Bertz CT molecular complexity index is 341. The highest BCUT2D eigenvalue weighted by Crippen LogP contribution is 2.15. The summed E-state index contributed by atoms with van der Waals surface area (Å²) in [6.07, 6.45) is 0. The second-order valence-electron chi connectivity index (χ2n) is 3.61. The van der Waals surface area contributed by atoms with Crippen LogP contribution in [-0.4, -0.2) is 28.4 Å². The fourth-order valence-corrected chi connectivity index (χ4v) is 1.51. The van der Waals surface area contributed by atoms with Gasteiger partial charge in [-0.1, -0.05) is 5.16 Å². The second kappa shape index (κ2) is 4.66. The smallest absolute Gasteiger partial charge is 0.240 e. The molecule has 0 saturated carbocycles. The minimum absolute atomic E-state index is 0.100. The average Bonchev–Trinajstić information content (AvgIpc) is 2.47. The van der Waals surface area contributed by atoms with Crippen LogP contribution in [0.25, 0.3) is 0 Å². The number of hydrogen-bond acceptors (Lipinski definition) is 3. The molecule has 0 radical (unpaired) electrons. The molecule has 0 aliphatic rings. The lowest BCUT2D eigenvalue weighted by Crippen LogP contribution is -2.31. The van der Waals surface area contributed by atoms with Crippen molar-refractivity contribution in [2.75, 3.05) is 7.05 Å². The number of carbonyl (C=O) groups excluding carboxylic acids is 1. The topological polar surface area (TPSA) is 46.3 Å². The third-order valence-electron chi connectivity index (χ3n) is 2.29. The van der Waals surface area contributed by atoms with Crippen molar-refractivity contribution in [3.05, 3.63) is 17.0 Å². The highest BCUT2D eigenvalue weighted by Gasteiger charge is 2.18. The van der Waals surface area contributed by atoms with E-state index in [-0.39, 0.29) is 5.91 Å². The van der Waals surface area contributed by atoms with Gasteiger partial charge in [-0.2, -0.15) is 0 Å². The van der Waals surface area contributed by atoms with E-state index in [1.807, 2.05) is 13.8 Å². The summed E-state index contributed by atoms with van der Waals surface area (Å²) in [6, 6.07) is 0. The zero-order chi connectivity index (χ0) is 11.6. The molecule has 1 amide bonds. The first-order chi connectivity index (χ1) is 6.93. The van der Waals surface area contributed by atoms with E-state index in [4.69, 9.17) is 16.1 Å². The van der Waals surface area contributed by atoms with Crippen molar-refractivity contribution in [1.29, 1.82) is 0 Å². The summed E-state index contributed by atoms with van der Waals surface area (Å²) < 4.78 is 5.02. The van der Waals surface area contributed by atoms with Gasteiger partial charge in [0.2, 0.25) is 5.91 Å². The molecule has 0 bridgehead atoms. The Morgan fingerprint density at radius 2 is 2.20 bits per heavy atom. The van der Waals surface area contributed by atoms with Crippen LogP contribution in [0.2, 0.25) is 0 Å². The number of halogens is 1. The molecular weight excluding hydrogens is 216 g/mol. The van der Waals surface area contributed by atoms with Crippen molar-refractivity contribution < 1.29 is 9.32 Å². The van der Waals surface area contributed by atoms with Crippen molar-refractivity contribution in [3.63, 3.8) is 0 Å². The molecule has 1 aromatic rings. The summed E-state index contributed by atoms with van der Waals surface area (Å²) in [5.74, 6) is 0.644. The van der Waals surface area contributed by atoms with E-state index in [2.05, 4.69) is 5.16 Å². The van der Waals surface area contributed by atoms with Gasteiger partial charge in [-0.15, -0.1) is 11.6 Å². The number of rotatable bonds is 3. The third-order valence-corrected chi connectivity index (χ3v) is 2.48. The number of carbonyl (C=O) groups is 1. The van der Waals surface area contributed by atoms with E-state index in [0.717, 1.165) is 17.0 Å². The lowest BCUT2D eigenvalue weighted by Gasteiger charge is -2.18. The van der Waals surface area contributed by atoms with E-state index in [9.17, 15) is 4.79 Å². The number of nitrogens with zero attached hydrogens (tertiary/aromatic N) is 2. The molecule has 0 aromatic carbocycles.